The molecule has 0 amide bonds. The molecule has 14 heavy (non-hydrogen) atoms. The van der Waals surface area contributed by atoms with Gasteiger partial charge in [0.15, 0.2) is 0 Å². The summed E-state index contributed by atoms with van der Waals surface area (Å²) in [6.07, 6.45) is 2.71. The van der Waals surface area contributed by atoms with E-state index in [0.29, 0.717) is 0 Å². The molecule has 1 aliphatic rings. The lowest BCUT2D eigenvalue weighted by molar-refractivity contribution is 0.262. The molecule has 1 saturated carbocycles. The highest BCUT2D eigenvalue weighted by Gasteiger charge is 2.27. The van der Waals surface area contributed by atoms with Crippen molar-refractivity contribution in [1.29, 1.82) is 0 Å². The van der Waals surface area contributed by atoms with E-state index in [4.69, 9.17) is 5.73 Å². The average molecular weight is 190 g/mol. The van der Waals surface area contributed by atoms with E-state index in [1.54, 1.807) is 0 Å². The lowest BCUT2D eigenvalue weighted by Gasteiger charge is -2.20. The van der Waals surface area contributed by atoms with Crippen LogP contribution in [0.4, 0.5) is 0 Å². The number of nitrogens with zero attached hydrogens (tertiary/aromatic N) is 1. The number of hydrogen-bond donors (Lipinski definition) is 1. The molecule has 0 bridgehead atoms. The van der Waals surface area contributed by atoms with Gasteiger partial charge >= 0.3 is 0 Å². The molecule has 2 rings (SSSR count). The third kappa shape index (κ3) is 2.56. The largest absolute Gasteiger partial charge is 0.329 e. The summed E-state index contributed by atoms with van der Waals surface area (Å²) < 4.78 is 0. The van der Waals surface area contributed by atoms with E-state index in [2.05, 4.69) is 35.2 Å². The van der Waals surface area contributed by atoms with Gasteiger partial charge in [0.05, 0.1) is 0 Å². The Bertz CT molecular complexity index is 267. The highest BCUT2D eigenvalue weighted by Crippen LogP contribution is 2.27. The molecule has 1 aliphatic carbocycles. The predicted octanol–water partition coefficient (Wildman–Crippen LogP) is 1.61. The number of rotatable bonds is 5. The maximum Gasteiger partial charge on any atom is 0.0237 e. The Hall–Kier alpha value is -0.860. The van der Waals surface area contributed by atoms with Crippen molar-refractivity contribution in [1.82, 2.24) is 4.90 Å². The summed E-state index contributed by atoms with van der Waals surface area (Å²) in [6.45, 7) is 2.85. The first-order valence-electron chi connectivity index (χ1n) is 5.38. The summed E-state index contributed by atoms with van der Waals surface area (Å²) in [4.78, 5) is 2.50. The normalized spacial score (nSPS) is 16.1. The van der Waals surface area contributed by atoms with Crippen LogP contribution in [0.15, 0.2) is 30.3 Å². The monoisotopic (exact) mass is 190 g/mol. The first-order chi connectivity index (χ1) is 6.90. The summed E-state index contributed by atoms with van der Waals surface area (Å²) in [7, 11) is 0. The van der Waals surface area contributed by atoms with Crippen LogP contribution in [0.5, 0.6) is 0 Å². The Labute approximate surface area is 85.7 Å². The zero-order valence-electron chi connectivity index (χ0n) is 8.52. The van der Waals surface area contributed by atoms with E-state index >= 15 is 0 Å². The second-order valence-corrected chi connectivity index (χ2v) is 3.98. The van der Waals surface area contributed by atoms with Crippen LogP contribution < -0.4 is 5.73 Å². The molecule has 2 heteroatoms. The Kier molecular flexibility index (Phi) is 3.17. The first kappa shape index (κ1) is 9.69. The van der Waals surface area contributed by atoms with Gasteiger partial charge in [-0.05, 0) is 18.4 Å². The van der Waals surface area contributed by atoms with Crippen LogP contribution in [0.3, 0.4) is 0 Å². The minimum atomic E-state index is 0.767. The molecule has 0 saturated heterocycles. The molecule has 0 spiro atoms. The van der Waals surface area contributed by atoms with E-state index in [9.17, 15) is 0 Å². The Morgan fingerprint density at radius 2 is 1.93 bits per heavy atom. The van der Waals surface area contributed by atoms with Gasteiger partial charge in [-0.25, -0.2) is 0 Å². The van der Waals surface area contributed by atoms with Crippen LogP contribution in [0, 0.1) is 0 Å². The van der Waals surface area contributed by atoms with E-state index in [0.717, 1.165) is 25.7 Å². The Balaban J connectivity index is 1.93. The highest BCUT2D eigenvalue weighted by atomic mass is 15.2. The number of nitrogens with two attached hydrogens (primary N) is 1. The molecule has 2 N–H and O–H groups in total. The standard InChI is InChI=1S/C12H18N2/c13-8-9-14(12-6-7-12)10-11-4-2-1-3-5-11/h1-5,12H,6-10,13H2. The summed E-state index contributed by atoms with van der Waals surface area (Å²) in [5.41, 5.74) is 7.00. The summed E-state index contributed by atoms with van der Waals surface area (Å²) >= 11 is 0. The third-order valence-electron chi connectivity index (χ3n) is 2.71. The molecule has 0 aromatic heterocycles. The molecule has 76 valence electrons. The lowest BCUT2D eigenvalue weighted by atomic mass is 10.2. The van der Waals surface area contributed by atoms with Crippen LogP contribution in [-0.4, -0.2) is 24.0 Å². The Morgan fingerprint density at radius 1 is 1.21 bits per heavy atom. The van der Waals surface area contributed by atoms with Crippen molar-refractivity contribution in [3.63, 3.8) is 0 Å². The second-order valence-electron chi connectivity index (χ2n) is 3.98. The molecule has 1 fully saturated rings. The van der Waals surface area contributed by atoms with Gasteiger partial charge in [0.2, 0.25) is 0 Å². The van der Waals surface area contributed by atoms with Crippen molar-refractivity contribution >= 4 is 0 Å². The molecule has 0 atom stereocenters. The van der Waals surface area contributed by atoms with Gasteiger partial charge in [-0.2, -0.15) is 0 Å². The summed E-state index contributed by atoms with van der Waals surface area (Å²) in [5, 5.41) is 0. The molecule has 0 heterocycles. The van der Waals surface area contributed by atoms with Crippen molar-refractivity contribution in [2.45, 2.75) is 25.4 Å². The highest BCUT2D eigenvalue weighted by molar-refractivity contribution is 5.14. The maximum atomic E-state index is 5.61. The molecule has 0 unspecified atom stereocenters. The fourth-order valence-corrected chi connectivity index (χ4v) is 1.81. The minimum absolute atomic E-state index is 0.767. The molecular formula is C12H18N2. The average Bonchev–Trinajstić information content (AvgIpc) is 3.02. The maximum absolute atomic E-state index is 5.61. The zero-order valence-corrected chi connectivity index (χ0v) is 8.52. The van der Waals surface area contributed by atoms with Crippen LogP contribution in [-0.2, 0) is 6.54 Å². The van der Waals surface area contributed by atoms with Gasteiger partial charge in [-0.1, -0.05) is 30.3 Å². The van der Waals surface area contributed by atoms with Gasteiger partial charge < -0.3 is 5.73 Å². The van der Waals surface area contributed by atoms with Crippen LogP contribution in [0.25, 0.3) is 0 Å². The third-order valence-corrected chi connectivity index (χ3v) is 2.71. The molecular weight excluding hydrogens is 172 g/mol. The zero-order chi connectivity index (χ0) is 9.80. The Morgan fingerprint density at radius 3 is 2.50 bits per heavy atom. The van der Waals surface area contributed by atoms with E-state index in [1.165, 1.54) is 18.4 Å². The van der Waals surface area contributed by atoms with Gasteiger partial charge in [0.25, 0.3) is 0 Å². The van der Waals surface area contributed by atoms with Crippen molar-refractivity contribution < 1.29 is 0 Å². The smallest absolute Gasteiger partial charge is 0.0237 e. The minimum Gasteiger partial charge on any atom is -0.329 e. The van der Waals surface area contributed by atoms with Crippen molar-refractivity contribution in [2.75, 3.05) is 13.1 Å². The van der Waals surface area contributed by atoms with E-state index in [-0.39, 0.29) is 0 Å². The predicted molar refractivity (Wildman–Crippen MR) is 58.9 cm³/mol. The van der Waals surface area contributed by atoms with Crippen LogP contribution in [0.2, 0.25) is 0 Å². The van der Waals surface area contributed by atoms with Gasteiger partial charge in [-0.15, -0.1) is 0 Å². The van der Waals surface area contributed by atoms with Crippen molar-refractivity contribution in [3.8, 4) is 0 Å². The van der Waals surface area contributed by atoms with Crippen LogP contribution >= 0.6 is 0 Å². The summed E-state index contributed by atoms with van der Waals surface area (Å²) in [5.74, 6) is 0. The second kappa shape index (κ2) is 4.58. The van der Waals surface area contributed by atoms with Crippen molar-refractivity contribution in [3.05, 3.63) is 35.9 Å². The van der Waals surface area contributed by atoms with Crippen LogP contribution in [0.1, 0.15) is 18.4 Å². The number of benzene rings is 1. The van der Waals surface area contributed by atoms with Crippen molar-refractivity contribution in [2.24, 2.45) is 5.73 Å². The fourth-order valence-electron chi connectivity index (χ4n) is 1.81. The molecule has 2 nitrogen and oxygen atoms in total. The summed E-state index contributed by atoms with van der Waals surface area (Å²) in [6, 6.07) is 11.4. The van der Waals surface area contributed by atoms with Gasteiger partial charge in [0, 0.05) is 25.7 Å². The van der Waals surface area contributed by atoms with E-state index < -0.39 is 0 Å². The number of hydrogen-bond acceptors (Lipinski definition) is 2. The quantitative estimate of drug-likeness (QED) is 0.764. The first-order valence-corrected chi connectivity index (χ1v) is 5.38. The fraction of sp³-hybridized carbons (Fsp3) is 0.500. The van der Waals surface area contributed by atoms with Gasteiger partial charge in [0.1, 0.15) is 0 Å². The lowest BCUT2D eigenvalue weighted by Crippen LogP contribution is -2.30. The van der Waals surface area contributed by atoms with E-state index in [1.807, 2.05) is 0 Å². The topological polar surface area (TPSA) is 29.3 Å². The molecule has 1 aromatic carbocycles. The SMILES string of the molecule is NCCN(Cc1ccccc1)C1CC1. The molecule has 0 aliphatic heterocycles. The van der Waals surface area contributed by atoms with Gasteiger partial charge in [-0.3, -0.25) is 4.90 Å². The molecule has 1 aromatic rings. The molecule has 0 radical (unpaired) electrons.